The van der Waals surface area contributed by atoms with E-state index in [2.05, 4.69) is 26.1 Å². The zero-order chi connectivity index (χ0) is 15.7. The third kappa shape index (κ3) is 3.23. The summed E-state index contributed by atoms with van der Waals surface area (Å²) in [5.74, 6) is 0. The van der Waals surface area contributed by atoms with E-state index in [1.165, 1.54) is 0 Å². The van der Waals surface area contributed by atoms with Crippen molar-refractivity contribution in [2.24, 2.45) is 0 Å². The predicted octanol–water partition coefficient (Wildman–Crippen LogP) is 1.43. The number of halogens is 1. The molecule has 0 bridgehead atoms. The van der Waals surface area contributed by atoms with Gasteiger partial charge in [0, 0.05) is 43.2 Å². The zero-order valence-corrected chi connectivity index (χ0v) is 15.2. The Morgan fingerprint density at radius 3 is 2.55 bits per heavy atom. The lowest BCUT2D eigenvalue weighted by atomic mass is 10.2. The van der Waals surface area contributed by atoms with Gasteiger partial charge in [-0.2, -0.15) is 4.31 Å². The summed E-state index contributed by atoms with van der Waals surface area (Å²) in [6, 6.07) is 5.96. The van der Waals surface area contributed by atoms with Crippen LogP contribution in [0.15, 0.2) is 27.6 Å². The van der Waals surface area contributed by atoms with Crippen LogP contribution in [0.4, 0.5) is 0 Å². The second-order valence-corrected chi connectivity index (χ2v) is 8.78. The highest BCUT2D eigenvalue weighted by Crippen LogP contribution is 2.27. The van der Waals surface area contributed by atoms with Gasteiger partial charge in [0.2, 0.25) is 10.0 Å². The van der Waals surface area contributed by atoms with E-state index in [1.54, 1.807) is 10.4 Å². The highest BCUT2D eigenvalue weighted by molar-refractivity contribution is 9.10. The third-order valence-corrected chi connectivity index (χ3v) is 7.40. The van der Waals surface area contributed by atoms with Gasteiger partial charge < -0.3 is 5.32 Å². The molecule has 7 heteroatoms. The average Bonchev–Trinajstić information content (AvgIpc) is 3.01. The smallest absolute Gasteiger partial charge is 0.244 e. The van der Waals surface area contributed by atoms with E-state index in [9.17, 15) is 8.42 Å². The van der Waals surface area contributed by atoms with Crippen LogP contribution in [0.1, 0.15) is 12.0 Å². The van der Waals surface area contributed by atoms with E-state index >= 15 is 0 Å². The Morgan fingerprint density at radius 1 is 1.23 bits per heavy atom. The van der Waals surface area contributed by atoms with E-state index in [1.807, 2.05) is 19.1 Å². The van der Waals surface area contributed by atoms with Crippen LogP contribution in [0.3, 0.4) is 0 Å². The zero-order valence-electron chi connectivity index (χ0n) is 12.8. The van der Waals surface area contributed by atoms with E-state index in [4.69, 9.17) is 0 Å². The maximum atomic E-state index is 12.8. The van der Waals surface area contributed by atoms with E-state index < -0.39 is 10.0 Å². The van der Waals surface area contributed by atoms with Gasteiger partial charge in [0.25, 0.3) is 0 Å². The Balaban J connectivity index is 1.71. The Morgan fingerprint density at radius 2 is 1.95 bits per heavy atom. The Kier molecular flexibility index (Phi) is 4.89. The van der Waals surface area contributed by atoms with Crippen molar-refractivity contribution in [2.45, 2.75) is 24.3 Å². The SMILES string of the molecule is Cc1ccc(S(=O)(=O)N2CCN(C3CCNC3)CC2)c(Br)c1. The molecule has 0 spiro atoms. The molecule has 122 valence electrons. The van der Waals surface area contributed by atoms with Crippen LogP contribution in [0.2, 0.25) is 0 Å². The molecule has 0 radical (unpaired) electrons. The fourth-order valence-corrected chi connectivity index (χ4v) is 5.79. The van der Waals surface area contributed by atoms with Crippen molar-refractivity contribution in [3.05, 3.63) is 28.2 Å². The summed E-state index contributed by atoms with van der Waals surface area (Å²) in [6.07, 6.45) is 1.16. The lowest BCUT2D eigenvalue weighted by molar-refractivity contribution is 0.145. The van der Waals surface area contributed by atoms with Crippen molar-refractivity contribution in [3.8, 4) is 0 Å². The van der Waals surface area contributed by atoms with Gasteiger partial charge in [0.15, 0.2) is 0 Å². The largest absolute Gasteiger partial charge is 0.315 e. The van der Waals surface area contributed by atoms with Crippen molar-refractivity contribution < 1.29 is 8.42 Å². The summed E-state index contributed by atoms with van der Waals surface area (Å²) in [6.45, 7) is 6.81. The molecule has 1 unspecified atom stereocenters. The van der Waals surface area contributed by atoms with Crippen LogP contribution in [0, 0.1) is 6.92 Å². The van der Waals surface area contributed by atoms with Crippen LogP contribution in [0.25, 0.3) is 0 Å². The van der Waals surface area contributed by atoms with Crippen LogP contribution < -0.4 is 5.32 Å². The molecule has 0 saturated carbocycles. The first-order valence-electron chi connectivity index (χ1n) is 7.69. The fraction of sp³-hybridized carbons (Fsp3) is 0.600. The minimum absolute atomic E-state index is 0.370. The summed E-state index contributed by atoms with van der Waals surface area (Å²) in [4.78, 5) is 2.78. The molecule has 3 rings (SSSR count). The number of hydrogen-bond donors (Lipinski definition) is 1. The fourth-order valence-electron chi connectivity index (χ4n) is 3.21. The number of rotatable bonds is 3. The molecule has 1 N–H and O–H groups in total. The highest BCUT2D eigenvalue weighted by atomic mass is 79.9. The maximum Gasteiger partial charge on any atom is 0.244 e. The number of hydrogen-bond acceptors (Lipinski definition) is 4. The van der Waals surface area contributed by atoms with Gasteiger partial charge in [0.1, 0.15) is 0 Å². The maximum absolute atomic E-state index is 12.8. The number of nitrogens with one attached hydrogen (secondary N) is 1. The van der Waals surface area contributed by atoms with Gasteiger partial charge in [-0.3, -0.25) is 4.90 Å². The van der Waals surface area contributed by atoms with Crippen LogP contribution >= 0.6 is 15.9 Å². The lowest BCUT2D eigenvalue weighted by Crippen LogP contribution is -2.52. The molecule has 2 aliphatic heterocycles. The summed E-state index contributed by atoms with van der Waals surface area (Å²) in [7, 11) is -3.41. The first-order chi connectivity index (χ1) is 10.5. The van der Waals surface area contributed by atoms with Crippen LogP contribution in [0.5, 0.6) is 0 Å². The molecule has 0 aromatic heterocycles. The number of piperazine rings is 1. The summed E-state index contributed by atoms with van der Waals surface area (Å²) >= 11 is 3.39. The second-order valence-electron chi connectivity index (χ2n) is 6.02. The predicted molar refractivity (Wildman–Crippen MR) is 90.5 cm³/mol. The van der Waals surface area contributed by atoms with E-state index in [-0.39, 0.29) is 0 Å². The molecule has 2 saturated heterocycles. The van der Waals surface area contributed by atoms with Crippen LogP contribution in [-0.4, -0.2) is 62.9 Å². The van der Waals surface area contributed by atoms with Gasteiger partial charge in [-0.15, -0.1) is 0 Å². The molecule has 1 atom stereocenters. The first kappa shape index (κ1) is 16.4. The highest BCUT2D eigenvalue weighted by Gasteiger charge is 2.32. The van der Waals surface area contributed by atoms with Gasteiger partial charge in [-0.1, -0.05) is 6.07 Å². The average molecular weight is 388 g/mol. The van der Waals surface area contributed by atoms with Gasteiger partial charge in [0.05, 0.1) is 4.90 Å². The molecule has 2 heterocycles. The third-order valence-electron chi connectivity index (χ3n) is 4.53. The molecule has 2 fully saturated rings. The number of aryl methyl sites for hydroxylation is 1. The molecular weight excluding hydrogens is 366 g/mol. The van der Waals surface area contributed by atoms with E-state index in [0.29, 0.717) is 28.5 Å². The molecule has 0 aliphatic carbocycles. The molecule has 1 aromatic carbocycles. The minimum Gasteiger partial charge on any atom is -0.315 e. The standard InChI is InChI=1S/C15H22BrN3O2S/c1-12-2-3-15(14(16)10-12)22(20,21)19-8-6-18(7-9-19)13-4-5-17-11-13/h2-3,10,13,17H,4-9,11H2,1H3. The Labute approximate surface area is 140 Å². The van der Waals surface area contributed by atoms with Crippen molar-refractivity contribution >= 4 is 26.0 Å². The minimum atomic E-state index is -3.41. The Bertz CT molecular complexity index is 636. The summed E-state index contributed by atoms with van der Waals surface area (Å²) in [5.41, 5.74) is 1.05. The number of sulfonamides is 1. The molecule has 1 aromatic rings. The monoisotopic (exact) mass is 387 g/mol. The van der Waals surface area contributed by atoms with E-state index in [0.717, 1.165) is 38.2 Å². The van der Waals surface area contributed by atoms with Crippen molar-refractivity contribution in [1.29, 1.82) is 0 Å². The molecular formula is C15H22BrN3O2S. The van der Waals surface area contributed by atoms with Gasteiger partial charge in [-0.25, -0.2) is 8.42 Å². The number of benzene rings is 1. The quantitative estimate of drug-likeness (QED) is 0.851. The lowest BCUT2D eigenvalue weighted by Gasteiger charge is -2.37. The molecule has 2 aliphatic rings. The van der Waals surface area contributed by atoms with Gasteiger partial charge >= 0.3 is 0 Å². The van der Waals surface area contributed by atoms with Crippen LogP contribution in [-0.2, 0) is 10.0 Å². The van der Waals surface area contributed by atoms with Gasteiger partial charge in [-0.05, 0) is 53.5 Å². The molecule has 0 amide bonds. The summed E-state index contributed by atoms with van der Waals surface area (Å²) < 4.78 is 27.9. The number of nitrogens with zero attached hydrogens (tertiary/aromatic N) is 2. The Hall–Kier alpha value is -0.470. The summed E-state index contributed by atoms with van der Waals surface area (Å²) in [5, 5.41) is 3.37. The van der Waals surface area contributed by atoms with Crippen molar-refractivity contribution in [2.75, 3.05) is 39.3 Å². The molecule has 5 nitrogen and oxygen atoms in total. The second kappa shape index (κ2) is 6.57. The topological polar surface area (TPSA) is 52.7 Å². The van der Waals surface area contributed by atoms with Crippen molar-refractivity contribution in [1.82, 2.24) is 14.5 Å². The molecule has 22 heavy (non-hydrogen) atoms. The normalized spacial score (nSPS) is 24.7. The van der Waals surface area contributed by atoms with Crippen molar-refractivity contribution in [3.63, 3.8) is 0 Å². The first-order valence-corrected chi connectivity index (χ1v) is 9.93.